The van der Waals surface area contributed by atoms with Crippen molar-refractivity contribution in [3.63, 3.8) is 0 Å². The van der Waals surface area contributed by atoms with Crippen LogP contribution < -0.4 is 5.32 Å². The van der Waals surface area contributed by atoms with Gasteiger partial charge in [-0.3, -0.25) is 4.79 Å². The molecule has 292 valence electrons. The van der Waals surface area contributed by atoms with Gasteiger partial charge in [0.15, 0.2) is 0 Å². The Morgan fingerprint density at radius 1 is 0.571 bits per heavy atom. The standard InChI is InChI=1S/C44H88N2O3/c1-8-11-14-27-35-43(36-28-15-12-9-2)49-44(47)37-29-23-19-18-22-26-34-42(45-38-30-39-46(6)7)33-25-21-17-16-20-24-32-41(5)48-40(4)31-13-10-3/h40,42-43,45H,5,8-39H2,1-4,6-7H3. The Morgan fingerprint density at radius 2 is 1.04 bits per heavy atom. The van der Waals surface area contributed by atoms with Gasteiger partial charge in [-0.05, 0) is 98.3 Å². The quantitative estimate of drug-likeness (QED) is 0.0395. The van der Waals surface area contributed by atoms with Gasteiger partial charge in [0.25, 0.3) is 0 Å². The number of nitrogens with zero attached hydrogens (tertiary/aromatic N) is 1. The van der Waals surface area contributed by atoms with E-state index in [9.17, 15) is 4.79 Å². The second kappa shape index (κ2) is 36.7. The number of ether oxygens (including phenoxy) is 2. The molecule has 0 bridgehead atoms. The molecule has 0 radical (unpaired) electrons. The zero-order valence-electron chi connectivity index (χ0n) is 34.2. The minimum Gasteiger partial charge on any atom is -0.496 e. The highest BCUT2D eigenvalue weighted by Gasteiger charge is 2.14. The van der Waals surface area contributed by atoms with Crippen LogP contribution in [0, 0.1) is 0 Å². The van der Waals surface area contributed by atoms with Gasteiger partial charge in [0, 0.05) is 18.9 Å². The number of unbranched alkanes of at least 4 members (excludes halogenated alkanes) is 17. The van der Waals surface area contributed by atoms with Gasteiger partial charge in [-0.25, -0.2) is 0 Å². The largest absolute Gasteiger partial charge is 0.496 e. The van der Waals surface area contributed by atoms with E-state index in [4.69, 9.17) is 9.47 Å². The fourth-order valence-electron chi connectivity index (χ4n) is 6.84. The second-order valence-electron chi connectivity index (χ2n) is 15.5. The van der Waals surface area contributed by atoms with Gasteiger partial charge in [0.1, 0.15) is 6.10 Å². The molecule has 0 aromatic rings. The number of carbonyl (C=O) groups excluding carboxylic acids is 1. The Labute approximate surface area is 307 Å². The molecular formula is C44H88N2O3. The summed E-state index contributed by atoms with van der Waals surface area (Å²) in [6, 6.07) is 0.656. The molecule has 0 spiro atoms. The highest BCUT2D eigenvalue weighted by Crippen LogP contribution is 2.19. The third-order valence-corrected chi connectivity index (χ3v) is 10.0. The fraction of sp³-hybridized carbons (Fsp3) is 0.932. The lowest BCUT2D eigenvalue weighted by Crippen LogP contribution is -2.31. The number of rotatable bonds is 39. The van der Waals surface area contributed by atoms with Crippen LogP contribution in [0.4, 0.5) is 0 Å². The molecule has 1 N–H and O–H groups in total. The first-order valence-corrected chi connectivity index (χ1v) is 21.7. The van der Waals surface area contributed by atoms with Crippen molar-refractivity contribution < 1.29 is 14.3 Å². The van der Waals surface area contributed by atoms with Crippen molar-refractivity contribution in [3.8, 4) is 0 Å². The van der Waals surface area contributed by atoms with Crippen molar-refractivity contribution in [1.29, 1.82) is 0 Å². The number of esters is 1. The summed E-state index contributed by atoms with van der Waals surface area (Å²) >= 11 is 0. The molecule has 0 aromatic carbocycles. The minimum absolute atomic E-state index is 0.0440. The van der Waals surface area contributed by atoms with Crippen LogP contribution in [0.25, 0.3) is 0 Å². The monoisotopic (exact) mass is 693 g/mol. The summed E-state index contributed by atoms with van der Waals surface area (Å²) in [6.07, 6.45) is 36.7. The van der Waals surface area contributed by atoms with Crippen molar-refractivity contribution in [3.05, 3.63) is 12.3 Å². The molecule has 5 nitrogen and oxygen atoms in total. The van der Waals surface area contributed by atoms with E-state index in [-0.39, 0.29) is 12.1 Å². The van der Waals surface area contributed by atoms with Gasteiger partial charge in [-0.2, -0.15) is 0 Å². The van der Waals surface area contributed by atoms with Gasteiger partial charge in [-0.1, -0.05) is 143 Å². The summed E-state index contributed by atoms with van der Waals surface area (Å²) in [7, 11) is 4.33. The summed E-state index contributed by atoms with van der Waals surface area (Å²) in [5, 5.41) is 3.90. The van der Waals surface area contributed by atoms with Crippen LogP contribution in [0.15, 0.2) is 12.3 Å². The zero-order chi connectivity index (χ0) is 36.2. The van der Waals surface area contributed by atoms with E-state index in [1.54, 1.807) is 0 Å². The molecule has 0 saturated heterocycles. The van der Waals surface area contributed by atoms with Gasteiger partial charge >= 0.3 is 5.97 Å². The van der Waals surface area contributed by atoms with Crippen LogP contribution in [-0.4, -0.2) is 56.3 Å². The molecule has 0 amide bonds. The Hall–Kier alpha value is -1.07. The van der Waals surface area contributed by atoms with Crippen molar-refractivity contribution in [2.24, 2.45) is 0 Å². The number of hydrogen-bond acceptors (Lipinski definition) is 5. The molecule has 0 saturated carbocycles. The predicted octanol–water partition coefficient (Wildman–Crippen LogP) is 13.1. The van der Waals surface area contributed by atoms with E-state index in [2.05, 4.69) is 58.6 Å². The number of carbonyl (C=O) groups is 1. The summed E-state index contributed by atoms with van der Waals surface area (Å²) in [5.74, 6) is 1.03. The first-order valence-electron chi connectivity index (χ1n) is 21.7. The smallest absolute Gasteiger partial charge is 0.306 e. The molecule has 0 aliphatic rings. The van der Waals surface area contributed by atoms with Crippen LogP contribution in [0.2, 0.25) is 0 Å². The lowest BCUT2D eigenvalue weighted by Gasteiger charge is -2.20. The normalized spacial score (nSPS) is 12.9. The van der Waals surface area contributed by atoms with Crippen LogP contribution in [0.3, 0.4) is 0 Å². The number of nitrogens with one attached hydrogen (secondary N) is 1. The maximum absolute atomic E-state index is 12.6. The Kier molecular flexibility index (Phi) is 35.9. The van der Waals surface area contributed by atoms with Crippen LogP contribution in [0.1, 0.15) is 220 Å². The molecule has 49 heavy (non-hydrogen) atoms. The van der Waals surface area contributed by atoms with Crippen LogP contribution >= 0.6 is 0 Å². The van der Waals surface area contributed by atoms with Gasteiger partial charge in [0.05, 0.1) is 11.9 Å². The third-order valence-electron chi connectivity index (χ3n) is 10.0. The molecule has 0 heterocycles. The van der Waals surface area contributed by atoms with Crippen molar-refractivity contribution in [2.45, 2.75) is 239 Å². The average molecular weight is 693 g/mol. The lowest BCUT2D eigenvalue weighted by atomic mass is 9.99. The molecule has 0 fully saturated rings. The van der Waals surface area contributed by atoms with Crippen LogP contribution in [0.5, 0.6) is 0 Å². The van der Waals surface area contributed by atoms with E-state index < -0.39 is 0 Å². The summed E-state index contributed by atoms with van der Waals surface area (Å²) < 4.78 is 11.9. The number of hydrogen-bond donors (Lipinski definition) is 1. The van der Waals surface area contributed by atoms with Gasteiger partial charge in [0.2, 0.25) is 0 Å². The molecule has 2 unspecified atom stereocenters. The molecule has 2 atom stereocenters. The maximum Gasteiger partial charge on any atom is 0.306 e. The van der Waals surface area contributed by atoms with Gasteiger partial charge in [-0.15, -0.1) is 0 Å². The molecule has 0 rings (SSSR count). The highest BCUT2D eigenvalue weighted by atomic mass is 16.5. The molecule has 5 heteroatoms. The van der Waals surface area contributed by atoms with E-state index in [1.807, 2.05) is 0 Å². The van der Waals surface area contributed by atoms with E-state index >= 15 is 0 Å². The third kappa shape index (κ3) is 35.1. The molecule has 0 aromatic heterocycles. The van der Waals surface area contributed by atoms with Crippen molar-refractivity contribution >= 4 is 5.97 Å². The summed E-state index contributed by atoms with van der Waals surface area (Å²) in [6.45, 7) is 15.3. The SMILES string of the molecule is C=C(CCCCCCCCC(CCCCCCCCC(=O)OC(CCCCCC)CCCCCC)NCCCN(C)C)OC(C)CCCC. The summed E-state index contributed by atoms with van der Waals surface area (Å²) in [5.41, 5.74) is 0. The van der Waals surface area contributed by atoms with Crippen molar-refractivity contribution in [2.75, 3.05) is 27.2 Å². The molecular weight excluding hydrogens is 604 g/mol. The Bertz CT molecular complexity index is 700. The molecule has 0 aliphatic carbocycles. The lowest BCUT2D eigenvalue weighted by molar-refractivity contribution is -0.150. The van der Waals surface area contributed by atoms with Gasteiger partial charge < -0.3 is 19.7 Å². The zero-order valence-corrected chi connectivity index (χ0v) is 34.2. The first kappa shape index (κ1) is 47.9. The first-order chi connectivity index (χ1) is 23.8. The Balaban J connectivity index is 4.15. The van der Waals surface area contributed by atoms with E-state index in [0.717, 1.165) is 57.4 Å². The second-order valence-corrected chi connectivity index (χ2v) is 15.5. The topological polar surface area (TPSA) is 50.8 Å². The fourth-order valence-corrected chi connectivity index (χ4v) is 6.84. The maximum atomic E-state index is 12.6. The number of allylic oxidation sites excluding steroid dienone is 1. The Morgan fingerprint density at radius 3 is 1.57 bits per heavy atom. The molecule has 0 aliphatic heterocycles. The van der Waals surface area contributed by atoms with E-state index in [1.165, 1.54) is 148 Å². The van der Waals surface area contributed by atoms with E-state index in [0.29, 0.717) is 18.6 Å². The predicted molar refractivity (Wildman–Crippen MR) is 215 cm³/mol. The minimum atomic E-state index is 0.0440. The van der Waals surface area contributed by atoms with Crippen LogP contribution in [-0.2, 0) is 14.3 Å². The van der Waals surface area contributed by atoms with Crippen molar-refractivity contribution in [1.82, 2.24) is 10.2 Å². The highest BCUT2D eigenvalue weighted by molar-refractivity contribution is 5.69. The summed E-state index contributed by atoms with van der Waals surface area (Å²) in [4.78, 5) is 14.9. The average Bonchev–Trinajstić information content (AvgIpc) is 3.07.